The Morgan fingerprint density at radius 3 is 2.92 bits per heavy atom. The van der Waals surface area contributed by atoms with Crippen LogP contribution in [-0.2, 0) is 29.1 Å². The molecule has 2 aromatic rings. The number of carbonyl (C=O) groups excluding carboxylic acids is 2. The molecule has 0 unspecified atom stereocenters. The highest BCUT2D eigenvalue weighted by Crippen LogP contribution is 2.27. The molecule has 1 aromatic heterocycles. The maximum absolute atomic E-state index is 12.4. The molecule has 1 aromatic carbocycles. The lowest BCUT2D eigenvalue weighted by atomic mass is 10.2. The van der Waals surface area contributed by atoms with E-state index in [-0.39, 0.29) is 6.54 Å². The zero-order chi connectivity index (χ0) is 18.7. The van der Waals surface area contributed by atoms with Crippen LogP contribution >= 0.6 is 11.3 Å². The number of thiazole rings is 1. The van der Waals surface area contributed by atoms with Crippen LogP contribution in [0.1, 0.15) is 16.1 Å². The number of hydrogen-bond donors (Lipinski definition) is 1. The summed E-state index contributed by atoms with van der Waals surface area (Å²) in [6.45, 7) is 2.06. The molecule has 0 bridgehead atoms. The molecular formula is C18H22N4O3S. The summed E-state index contributed by atoms with van der Waals surface area (Å²) < 4.78 is 5.29. The third-order valence-electron chi connectivity index (χ3n) is 4.28. The molecule has 7 nitrogen and oxygen atoms in total. The highest BCUT2D eigenvalue weighted by Gasteiger charge is 2.23. The molecule has 0 aliphatic carbocycles. The minimum absolute atomic E-state index is 0.287. The van der Waals surface area contributed by atoms with E-state index in [4.69, 9.17) is 4.74 Å². The van der Waals surface area contributed by atoms with Crippen molar-refractivity contribution in [3.63, 3.8) is 0 Å². The number of amides is 2. The van der Waals surface area contributed by atoms with E-state index >= 15 is 0 Å². The minimum atomic E-state index is -0.679. The number of nitrogens with one attached hydrogen (secondary N) is 1. The van der Waals surface area contributed by atoms with Gasteiger partial charge in [0.15, 0.2) is 5.13 Å². The number of para-hydroxylation sites is 1. The Morgan fingerprint density at radius 1 is 1.38 bits per heavy atom. The van der Waals surface area contributed by atoms with Crippen molar-refractivity contribution in [2.45, 2.75) is 19.5 Å². The van der Waals surface area contributed by atoms with Gasteiger partial charge in [-0.25, -0.2) is 4.98 Å². The largest absolute Gasteiger partial charge is 0.496 e. The van der Waals surface area contributed by atoms with E-state index < -0.39 is 11.8 Å². The van der Waals surface area contributed by atoms with Crippen LogP contribution in [0.4, 0.5) is 5.13 Å². The maximum Gasteiger partial charge on any atom is 0.315 e. The summed E-state index contributed by atoms with van der Waals surface area (Å²) in [5, 5.41) is 3.12. The minimum Gasteiger partial charge on any atom is -0.496 e. The van der Waals surface area contributed by atoms with Crippen molar-refractivity contribution < 1.29 is 14.3 Å². The quantitative estimate of drug-likeness (QED) is 0.825. The average Bonchev–Trinajstić information content (AvgIpc) is 3.02. The first kappa shape index (κ1) is 18.3. The molecule has 2 amide bonds. The van der Waals surface area contributed by atoms with Crippen molar-refractivity contribution in [2.24, 2.45) is 0 Å². The van der Waals surface area contributed by atoms with Crippen LogP contribution in [-0.4, -0.2) is 54.3 Å². The molecule has 26 heavy (non-hydrogen) atoms. The second-order valence-electron chi connectivity index (χ2n) is 6.30. The van der Waals surface area contributed by atoms with Gasteiger partial charge in [0.1, 0.15) is 5.75 Å². The van der Waals surface area contributed by atoms with E-state index in [1.807, 2.05) is 24.3 Å². The van der Waals surface area contributed by atoms with Gasteiger partial charge < -0.3 is 14.5 Å². The van der Waals surface area contributed by atoms with Gasteiger partial charge in [-0.3, -0.25) is 14.9 Å². The molecule has 1 N–H and O–H groups in total. The van der Waals surface area contributed by atoms with E-state index in [1.165, 1.54) is 16.2 Å². The first-order chi connectivity index (χ1) is 12.5. The van der Waals surface area contributed by atoms with E-state index in [1.54, 1.807) is 14.2 Å². The summed E-state index contributed by atoms with van der Waals surface area (Å²) >= 11 is 1.43. The van der Waals surface area contributed by atoms with E-state index in [9.17, 15) is 9.59 Å². The molecule has 0 spiro atoms. The van der Waals surface area contributed by atoms with Gasteiger partial charge in [0, 0.05) is 43.5 Å². The molecule has 138 valence electrons. The van der Waals surface area contributed by atoms with Crippen LogP contribution in [0.5, 0.6) is 5.75 Å². The fourth-order valence-corrected chi connectivity index (χ4v) is 3.94. The van der Waals surface area contributed by atoms with Crippen LogP contribution in [0, 0.1) is 0 Å². The number of aromatic nitrogens is 1. The van der Waals surface area contributed by atoms with Crippen LogP contribution in [0.15, 0.2) is 24.3 Å². The molecular weight excluding hydrogens is 352 g/mol. The Balaban J connectivity index is 1.63. The van der Waals surface area contributed by atoms with Gasteiger partial charge in [0.2, 0.25) is 0 Å². The number of rotatable bonds is 4. The fraction of sp³-hybridized carbons (Fsp3) is 0.389. The molecule has 1 aliphatic rings. The highest BCUT2D eigenvalue weighted by atomic mass is 32.1. The van der Waals surface area contributed by atoms with Crippen molar-refractivity contribution in [3.05, 3.63) is 40.4 Å². The Kier molecular flexibility index (Phi) is 5.53. The van der Waals surface area contributed by atoms with Crippen molar-refractivity contribution in [1.29, 1.82) is 0 Å². The topological polar surface area (TPSA) is 74.8 Å². The molecule has 0 saturated heterocycles. The van der Waals surface area contributed by atoms with Gasteiger partial charge in [-0.05, 0) is 13.1 Å². The van der Waals surface area contributed by atoms with E-state index in [0.717, 1.165) is 35.6 Å². The monoisotopic (exact) mass is 374 g/mol. The summed E-state index contributed by atoms with van der Waals surface area (Å²) in [5.74, 6) is -0.604. The van der Waals surface area contributed by atoms with Gasteiger partial charge in [0.25, 0.3) is 0 Å². The summed E-state index contributed by atoms with van der Waals surface area (Å²) in [7, 11) is 5.22. The molecule has 0 fully saturated rings. The SMILES string of the molecule is COc1ccccc1CN(C)C(=O)C(=O)Nc1nc2c(s1)CN(C)CC2. The van der Waals surface area contributed by atoms with Crippen LogP contribution in [0.25, 0.3) is 0 Å². The number of benzene rings is 1. The lowest BCUT2D eigenvalue weighted by Crippen LogP contribution is -2.36. The van der Waals surface area contributed by atoms with Gasteiger partial charge in [-0.15, -0.1) is 11.3 Å². The predicted octanol–water partition coefficient (Wildman–Crippen LogP) is 1.74. The van der Waals surface area contributed by atoms with E-state index in [0.29, 0.717) is 10.9 Å². The number of nitrogens with zero attached hydrogens (tertiary/aromatic N) is 3. The summed E-state index contributed by atoms with van der Waals surface area (Å²) in [6, 6.07) is 7.42. The lowest BCUT2D eigenvalue weighted by Gasteiger charge is -2.20. The first-order valence-corrected chi connectivity index (χ1v) is 9.15. The molecule has 8 heteroatoms. The Hall–Kier alpha value is -2.45. The zero-order valence-corrected chi connectivity index (χ0v) is 15.9. The first-order valence-electron chi connectivity index (χ1n) is 8.33. The standard InChI is InChI=1S/C18H22N4O3S/c1-21-9-8-13-15(11-21)26-18(19-13)20-16(23)17(24)22(2)10-12-6-4-5-7-14(12)25-3/h4-7H,8-11H2,1-3H3,(H,19,20,23). The third-order valence-corrected chi connectivity index (χ3v) is 5.28. The molecule has 2 heterocycles. The number of likely N-dealkylation sites (N-methyl/N-ethyl adjacent to an activating group) is 2. The Morgan fingerprint density at radius 2 is 2.15 bits per heavy atom. The second-order valence-corrected chi connectivity index (χ2v) is 7.39. The van der Waals surface area contributed by atoms with Crippen LogP contribution in [0.3, 0.4) is 0 Å². The smallest absolute Gasteiger partial charge is 0.315 e. The summed E-state index contributed by atoms with van der Waals surface area (Å²) in [4.78, 5) is 33.9. The van der Waals surface area contributed by atoms with Gasteiger partial charge >= 0.3 is 11.8 Å². The zero-order valence-electron chi connectivity index (χ0n) is 15.1. The second kappa shape index (κ2) is 7.84. The Bertz CT molecular complexity index is 821. The van der Waals surface area contributed by atoms with Gasteiger partial charge in [-0.2, -0.15) is 0 Å². The van der Waals surface area contributed by atoms with Gasteiger partial charge in [-0.1, -0.05) is 18.2 Å². The molecule has 3 rings (SSSR count). The number of ether oxygens (including phenoxy) is 1. The van der Waals surface area contributed by atoms with E-state index in [2.05, 4.69) is 22.2 Å². The summed E-state index contributed by atoms with van der Waals surface area (Å²) in [6.07, 6.45) is 0.861. The van der Waals surface area contributed by atoms with Crippen molar-refractivity contribution >= 4 is 28.3 Å². The average molecular weight is 374 g/mol. The Labute approximate surface area is 156 Å². The molecule has 0 radical (unpaired) electrons. The van der Waals surface area contributed by atoms with Crippen molar-refractivity contribution in [3.8, 4) is 5.75 Å². The lowest BCUT2D eigenvalue weighted by molar-refractivity contribution is -0.142. The van der Waals surface area contributed by atoms with Crippen molar-refractivity contribution in [2.75, 3.05) is 33.1 Å². The van der Waals surface area contributed by atoms with Crippen molar-refractivity contribution in [1.82, 2.24) is 14.8 Å². The predicted molar refractivity (Wildman–Crippen MR) is 100 cm³/mol. The fourth-order valence-electron chi connectivity index (χ4n) is 2.86. The highest BCUT2D eigenvalue weighted by molar-refractivity contribution is 7.16. The number of hydrogen-bond acceptors (Lipinski definition) is 6. The molecule has 1 aliphatic heterocycles. The molecule has 0 saturated carbocycles. The number of anilines is 1. The van der Waals surface area contributed by atoms with Crippen LogP contribution in [0.2, 0.25) is 0 Å². The normalized spacial score (nSPS) is 13.8. The van der Waals surface area contributed by atoms with Crippen LogP contribution < -0.4 is 10.1 Å². The number of methoxy groups -OCH3 is 1. The third kappa shape index (κ3) is 4.03. The number of carbonyl (C=O) groups is 2. The maximum atomic E-state index is 12.4. The molecule has 0 atom stereocenters. The summed E-state index contributed by atoms with van der Waals surface area (Å²) in [5.41, 5.74) is 1.85. The van der Waals surface area contributed by atoms with Gasteiger partial charge in [0.05, 0.1) is 12.8 Å². The number of fused-ring (bicyclic) bond motifs is 1.